The summed E-state index contributed by atoms with van der Waals surface area (Å²) in [4.78, 5) is 1.05. The van der Waals surface area contributed by atoms with E-state index in [-0.39, 0.29) is 18.3 Å². The summed E-state index contributed by atoms with van der Waals surface area (Å²) < 4.78 is 26.3. The number of nitrogens with two attached hydrogens (primary N) is 1. The number of thiophene rings is 1. The summed E-state index contributed by atoms with van der Waals surface area (Å²) >= 11 is 7.40. The van der Waals surface area contributed by atoms with E-state index in [1.165, 1.54) is 11.3 Å². The summed E-state index contributed by atoms with van der Waals surface area (Å²) in [5.41, 5.74) is 5.51. The second-order valence-corrected chi connectivity index (χ2v) is 5.82. The molecule has 16 heavy (non-hydrogen) atoms. The number of hydrogen-bond donors (Lipinski definition) is 1. The number of halogens is 3. The fraction of sp³-hybridized carbons (Fsp3) is 0.636. The van der Waals surface area contributed by atoms with Gasteiger partial charge in [0.15, 0.2) is 0 Å². The van der Waals surface area contributed by atoms with Gasteiger partial charge in [0.25, 0.3) is 0 Å². The zero-order valence-corrected chi connectivity index (χ0v) is 10.4. The van der Waals surface area contributed by atoms with E-state index in [1.54, 1.807) is 0 Å². The topological polar surface area (TPSA) is 26.0 Å². The number of rotatable bonds is 2. The maximum Gasteiger partial charge on any atom is 0.248 e. The Morgan fingerprint density at radius 2 is 1.94 bits per heavy atom. The van der Waals surface area contributed by atoms with Gasteiger partial charge < -0.3 is 5.73 Å². The van der Waals surface area contributed by atoms with Crippen molar-refractivity contribution in [1.29, 1.82) is 0 Å². The van der Waals surface area contributed by atoms with Crippen molar-refractivity contribution in [2.24, 2.45) is 5.73 Å². The lowest BCUT2D eigenvalue weighted by Crippen LogP contribution is -2.41. The Kier molecular flexibility index (Phi) is 3.25. The molecule has 1 aromatic heterocycles. The molecule has 0 aromatic carbocycles. The van der Waals surface area contributed by atoms with Crippen LogP contribution in [0.1, 0.15) is 30.6 Å². The van der Waals surface area contributed by atoms with Crippen LogP contribution in [0.2, 0.25) is 5.02 Å². The molecule has 0 unspecified atom stereocenters. The van der Waals surface area contributed by atoms with Gasteiger partial charge in [-0.1, -0.05) is 11.6 Å². The van der Waals surface area contributed by atoms with E-state index >= 15 is 0 Å². The van der Waals surface area contributed by atoms with Gasteiger partial charge in [0.1, 0.15) is 0 Å². The third kappa shape index (κ3) is 2.24. The molecule has 1 nitrogen and oxygen atoms in total. The Hall–Kier alpha value is -0.190. The fourth-order valence-corrected chi connectivity index (χ4v) is 3.58. The zero-order chi connectivity index (χ0) is 11.8. The van der Waals surface area contributed by atoms with Crippen molar-refractivity contribution in [3.8, 4) is 0 Å². The van der Waals surface area contributed by atoms with Crippen LogP contribution in [0.4, 0.5) is 8.78 Å². The van der Waals surface area contributed by atoms with Gasteiger partial charge in [-0.15, -0.1) is 11.3 Å². The van der Waals surface area contributed by atoms with Crippen LogP contribution in [0.3, 0.4) is 0 Å². The Labute approximate surface area is 103 Å². The molecule has 0 atom stereocenters. The highest BCUT2D eigenvalue weighted by molar-refractivity contribution is 7.10. The van der Waals surface area contributed by atoms with E-state index in [0.717, 1.165) is 4.88 Å². The molecule has 1 aromatic rings. The van der Waals surface area contributed by atoms with E-state index < -0.39 is 5.92 Å². The van der Waals surface area contributed by atoms with Gasteiger partial charge >= 0.3 is 0 Å². The van der Waals surface area contributed by atoms with Gasteiger partial charge in [-0.2, -0.15) is 0 Å². The summed E-state index contributed by atoms with van der Waals surface area (Å²) in [6.07, 6.45) is 0.764. The molecule has 0 spiro atoms. The summed E-state index contributed by atoms with van der Waals surface area (Å²) in [7, 11) is 0. The van der Waals surface area contributed by atoms with Crippen LogP contribution in [-0.4, -0.2) is 12.5 Å². The maximum absolute atomic E-state index is 13.1. The lowest BCUT2D eigenvalue weighted by atomic mass is 9.72. The first-order chi connectivity index (χ1) is 7.47. The molecule has 2 rings (SSSR count). The minimum absolute atomic E-state index is 0.0697. The number of hydrogen-bond acceptors (Lipinski definition) is 2. The summed E-state index contributed by atoms with van der Waals surface area (Å²) in [5.74, 6) is -2.51. The van der Waals surface area contributed by atoms with Gasteiger partial charge in [0.2, 0.25) is 5.92 Å². The smallest absolute Gasteiger partial charge is 0.248 e. The van der Waals surface area contributed by atoms with Crippen LogP contribution < -0.4 is 5.73 Å². The molecule has 0 saturated heterocycles. The van der Waals surface area contributed by atoms with Crippen molar-refractivity contribution in [2.45, 2.75) is 37.0 Å². The van der Waals surface area contributed by atoms with Crippen LogP contribution in [-0.2, 0) is 5.41 Å². The molecular formula is C11H14ClF2NS. The van der Waals surface area contributed by atoms with Crippen molar-refractivity contribution >= 4 is 22.9 Å². The largest absolute Gasteiger partial charge is 0.330 e. The lowest BCUT2D eigenvalue weighted by Gasteiger charge is -2.38. The Morgan fingerprint density at radius 3 is 2.38 bits per heavy atom. The average Bonchev–Trinajstić information content (AvgIpc) is 2.66. The first-order valence-electron chi connectivity index (χ1n) is 5.30. The molecule has 0 radical (unpaired) electrons. The highest BCUT2D eigenvalue weighted by Crippen LogP contribution is 2.46. The maximum atomic E-state index is 13.1. The van der Waals surface area contributed by atoms with E-state index in [9.17, 15) is 8.78 Å². The first-order valence-corrected chi connectivity index (χ1v) is 6.56. The van der Waals surface area contributed by atoms with Gasteiger partial charge in [-0.05, 0) is 18.9 Å². The SMILES string of the molecule is NCC1(c2cc(Cl)cs2)CCC(F)(F)CC1. The Balaban J connectivity index is 2.22. The van der Waals surface area contributed by atoms with E-state index in [2.05, 4.69) is 0 Å². The molecule has 1 saturated carbocycles. The molecule has 0 bridgehead atoms. The standard InChI is InChI=1S/C11H14ClF2NS/c12-8-5-9(16-6-8)10(7-15)1-3-11(13,14)4-2-10/h5-6H,1-4,7,15H2. The Morgan fingerprint density at radius 1 is 1.31 bits per heavy atom. The second kappa shape index (κ2) is 4.24. The van der Waals surface area contributed by atoms with Gasteiger partial charge in [-0.25, -0.2) is 8.78 Å². The van der Waals surface area contributed by atoms with Gasteiger partial charge in [-0.3, -0.25) is 0 Å². The minimum atomic E-state index is -2.51. The third-order valence-corrected chi connectivity index (χ3v) is 4.94. The quantitative estimate of drug-likeness (QED) is 0.865. The molecule has 5 heteroatoms. The molecule has 0 aliphatic heterocycles. The van der Waals surface area contributed by atoms with Crippen molar-refractivity contribution in [2.75, 3.05) is 6.54 Å². The van der Waals surface area contributed by atoms with Gasteiger partial charge in [0.05, 0.1) is 5.02 Å². The van der Waals surface area contributed by atoms with Crippen LogP contribution in [0, 0.1) is 0 Å². The summed E-state index contributed by atoms with van der Waals surface area (Å²) in [6, 6.07) is 1.86. The number of alkyl halides is 2. The van der Waals surface area contributed by atoms with E-state index in [0.29, 0.717) is 24.4 Å². The predicted molar refractivity (Wildman–Crippen MR) is 63.5 cm³/mol. The summed E-state index contributed by atoms with van der Waals surface area (Å²) in [5, 5.41) is 2.51. The normalized spacial score (nSPS) is 23.2. The molecule has 90 valence electrons. The second-order valence-electron chi connectivity index (χ2n) is 4.47. The van der Waals surface area contributed by atoms with Crippen molar-refractivity contribution in [1.82, 2.24) is 0 Å². The monoisotopic (exact) mass is 265 g/mol. The van der Waals surface area contributed by atoms with E-state index in [1.807, 2.05) is 11.4 Å². The molecule has 1 fully saturated rings. The molecule has 1 heterocycles. The molecule has 2 N–H and O–H groups in total. The third-order valence-electron chi connectivity index (χ3n) is 3.42. The Bertz CT molecular complexity index is 368. The lowest BCUT2D eigenvalue weighted by molar-refractivity contribution is -0.0504. The average molecular weight is 266 g/mol. The van der Waals surface area contributed by atoms with Crippen molar-refractivity contribution in [3.05, 3.63) is 21.3 Å². The van der Waals surface area contributed by atoms with Crippen molar-refractivity contribution < 1.29 is 8.78 Å². The van der Waals surface area contributed by atoms with Gasteiger partial charge in [0, 0.05) is 35.1 Å². The zero-order valence-electron chi connectivity index (χ0n) is 8.81. The van der Waals surface area contributed by atoms with Crippen molar-refractivity contribution in [3.63, 3.8) is 0 Å². The van der Waals surface area contributed by atoms with Crippen LogP contribution in [0.5, 0.6) is 0 Å². The highest BCUT2D eigenvalue weighted by atomic mass is 35.5. The van der Waals surface area contributed by atoms with Crippen LogP contribution in [0.25, 0.3) is 0 Å². The predicted octanol–water partition coefficient (Wildman–Crippen LogP) is 3.81. The molecule has 1 aliphatic carbocycles. The molecular weight excluding hydrogens is 252 g/mol. The molecule has 0 amide bonds. The minimum Gasteiger partial charge on any atom is -0.330 e. The highest BCUT2D eigenvalue weighted by Gasteiger charge is 2.44. The van der Waals surface area contributed by atoms with Crippen LogP contribution in [0.15, 0.2) is 11.4 Å². The first kappa shape index (κ1) is 12.3. The van der Waals surface area contributed by atoms with E-state index in [4.69, 9.17) is 17.3 Å². The molecule has 1 aliphatic rings. The summed E-state index contributed by atoms with van der Waals surface area (Å²) in [6.45, 7) is 0.417. The van der Waals surface area contributed by atoms with Crippen LogP contribution >= 0.6 is 22.9 Å². The fourth-order valence-electron chi connectivity index (χ4n) is 2.24.